The van der Waals surface area contributed by atoms with Crippen LogP contribution in [0.5, 0.6) is 0 Å². The van der Waals surface area contributed by atoms with Gasteiger partial charge in [-0.25, -0.2) is 0 Å². The molecule has 0 radical (unpaired) electrons. The summed E-state index contributed by atoms with van der Waals surface area (Å²) >= 11 is 1.50. The third-order valence-corrected chi connectivity index (χ3v) is 4.62. The highest BCUT2D eigenvalue weighted by Crippen LogP contribution is 2.33. The molecule has 1 aliphatic rings. The molecule has 1 amide bonds. The lowest BCUT2D eigenvalue weighted by Gasteiger charge is -2.22. The van der Waals surface area contributed by atoms with Crippen LogP contribution in [0.1, 0.15) is 34.1 Å². The maximum absolute atomic E-state index is 12.4. The van der Waals surface area contributed by atoms with E-state index in [4.69, 9.17) is 10.2 Å². The largest absolute Gasteiger partial charge is 0.480 e. The fraction of sp³-hybridized carbons (Fsp3) is 0.500. The van der Waals surface area contributed by atoms with Gasteiger partial charge in [-0.3, -0.25) is 14.4 Å². The lowest BCUT2D eigenvalue weighted by atomic mass is 9.88. The van der Waals surface area contributed by atoms with Crippen LogP contribution in [-0.2, 0) is 22.4 Å². The first-order chi connectivity index (χ1) is 9.88. The van der Waals surface area contributed by atoms with Crippen molar-refractivity contribution in [3.8, 4) is 0 Å². The number of fused-ring (bicyclic) bond motifs is 1. The predicted octanol–water partition coefficient (Wildman–Crippen LogP) is 1.48. The summed E-state index contributed by atoms with van der Waals surface area (Å²) in [5.41, 5.74) is 1.42. The number of carbonyl (C=O) groups is 3. The molecule has 0 aliphatic heterocycles. The first kappa shape index (κ1) is 15.5. The molecule has 1 aliphatic carbocycles. The number of hydrogen-bond acceptors (Lipinski definition) is 4. The Hall–Kier alpha value is -1.89. The second-order valence-electron chi connectivity index (χ2n) is 5.35. The van der Waals surface area contributed by atoms with Crippen molar-refractivity contribution in [3.63, 3.8) is 0 Å². The SMILES string of the molecule is CC1CCc2c(C(=O)N(CC(=O)O)CC(=O)O)csc2C1. The van der Waals surface area contributed by atoms with Gasteiger partial charge in [0.05, 0.1) is 5.56 Å². The molecule has 0 saturated heterocycles. The van der Waals surface area contributed by atoms with Gasteiger partial charge in [-0.05, 0) is 30.7 Å². The molecule has 21 heavy (non-hydrogen) atoms. The van der Waals surface area contributed by atoms with E-state index in [1.54, 1.807) is 5.38 Å². The van der Waals surface area contributed by atoms with E-state index in [1.807, 2.05) is 0 Å². The Balaban J connectivity index is 2.24. The summed E-state index contributed by atoms with van der Waals surface area (Å²) < 4.78 is 0. The summed E-state index contributed by atoms with van der Waals surface area (Å²) in [6, 6.07) is 0. The smallest absolute Gasteiger partial charge is 0.323 e. The highest BCUT2D eigenvalue weighted by molar-refractivity contribution is 7.10. The minimum atomic E-state index is -1.22. The molecule has 2 N–H and O–H groups in total. The Labute approximate surface area is 126 Å². The van der Waals surface area contributed by atoms with Crippen molar-refractivity contribution in [3.05, 3.63) is 21.4 Å². The van der Waals surface area contributed by atoms with Crippen LogP contribution in [0.15, 0.2) is 5.38 Å². The van der Waals surface area contributed by atoms with Gasteiger partial charge in [0.25, 0.3) is 5.91 Å². The van der Waals surface area contributed by atoms with Gasteiger partial charge in [0.2, 0.25) is 0 Å². The number of carbonyl (C=O) groups excluding carboxylic acids is 1. The van der Waals surface area contributed by atoms with Gasteiger partial charge in [0.15, 0.2) is 0 Å². The van der Waals surface area contributed by atoms with Crippen LogP contribution in [0.4, 0.5) is 0 Å². The molecule has 6 nitrogen and oxygen atoms in total. The quantitative estimate of drug-likeness (QED) is 0.859. The van der Waals surface area contributed by atoms with Crippen molar-refractivity contribution in [1.29, 1.82) is 0 Å². The maximum Gasteiger partial charge on any atom is 0.323 e. The van der Waals surface area contributed by atoms with Crippen molar-refractivity contribution in [2.75, 3.05) is 13.1 Å². The molecule has 0 spiro atoms. The number of amides is 1. The number of nitrogens with zero attached hydrogens (tertiary/aromatic N) is 1. The molecule has 1 unspecified atom stereocenters. The monoisotopic (exact) mass is 311 g/mol. The van der Waals surface area contributed by atoms with E-state index in [2.05, 4.69) is 6.92 Å². The standard InChI is InChI=1S/C14H17NO5S/c1-8-2-3-9-10(7-21-11(9)4-8)14(20)15(5-12(16)17)6-13(18)19/h7-8H,2-6H2,1H3,(H,16,17)(H,18,19). The van der Waals surface area contributed by atoms with Crippen LogP contribution in [-0.4, -0.2) is 46.0 Å². The molecular formula is C14H17NO5S. The first-order valence-electron chi connectivity index (χ1n) is 6.70. The van der Waals surface area contributed by atoms with Gasteiger partial charge in [-0.1, -0.05) is 6.92 Å². The van der Waals surface area contributed by atoms with E-state index in [0.717, 1.165) is 34.6 Å². The van der Waals surface area contributed by atoms with Gasteiger partial charge in [-0.2, -0.15) is 0 Å². The van der Waals surface area contributed by atoms with Crippen LogP contribution in [0, 0.1) is 5.92 Å². The summed E-state index contributed by atoms with van der Waals surface area (Å²) in [7, 11) is 0. The molecule has 0 saturated carbocycles. The lowest BCUT2D eigenvalue weighted by Crippen LogP contribution is -2.39. The minimum absolute atomic E-state index is 0.462. The van der Waals surface area contributed by atoms with E-state index in [-0.39, 0.29) is 0 Å². The van der Waals surface area contributed by atoms with Crippen LogP contribution in [0.25, 0.3) is 0 Å². The average molecular weight is 311 g/mol. The normalized spacial score (nSPS) is 17.1. The lowest BCUT2D eigenvalue weighted by molar-refractivity contribution is -0.140. The number of thiophene rings is 1. The number of hydrogen-bond donors (Lipinski definition) is 2. The highest BCUT2D eigenvalue weighted by atomic mass is 32.1. The summed E-state index contributed by atoms with van der Waals surface area (Å²) in [6.45, 7) is 0.948. The Morgan fingerprint density at radius 3 is 2.48 bits per heavy atom. The minimum Gasteiger partial charge on any atom is -0.480 e. The zero-order chi connectivity index (χ0) is 15.6. The van der Waals surface area contributed by atoms with Gasteiger partial charge >= 0.3 is 11.9 Å². The van der Waals surface area contributed by atoms with Gasteiger partial charge < -0.3 is 15.1 Å². The van der Waals surface area contributed by atoms with E-state index in [9.17, 15) is 14.4 Å². The molecule has 2 rings (SSSR count). The van der Waals surface area contributed by atoms with E-state index in [1.165, 1.54) is 11.3 Å². The first-order valence-corrected chi connectivity index (χ1v) is 7.58. The molecule has 1 atom stereocenters. The van der Waals surface area contributed by atoms with Gasteiger partial charge in [0.1, 0.15) is 13.1 Å². The molecule has 0 bridgehead atoms. The summed E-state index contributed by atoms with van der Waals surface area (Å²) in [5, 5.41) is 19.4. The second kappa shape index (κ2) is 6.26. The van der Waals surface area contributed by atoms with Gasteiger partial charge in [-0.15, -0.1) is 11.3 Å². The summed E-state index contributed by atoms with van der Waals surface area (Å²) in [6.07, 6.45) is 2.70. The van der Waals surface area contributed by atoms with E-state index >= 15 is 0 Å². The molecule has 1 heterocycles. The number of carboxylic acid groups (broad SMARTS) is 2. The topological polar surface area (TPSA) is 94.9 Å². The molecule has 1 aromatic rings. The Bertz CT molecular complexity index is 564. The van der Waals surface area contributed by atoms with Crippen molar-refractivity contribution in [1.82, 2.24) is 4.90 Å². The van der Waals surface area contributed by atoms with Crippen LogP contribution < -0.4 is 0 Å². The maximum atomic E-state index is 12.4. The zero-order valence-electron chi connectivity index (χ0n) is 11.7. The van der Waals surface area contributed by atoms with Crippen LogP contribution in [0.3, 0.4) is 0 Å². The van der Waals surface area contributed by atoms with Crippen molar-refractivity contribution in [2.45, 2.75) is 26.2 Å². The number of carboxylic acids is 2. The molecular weight excluding hydrogens is 294 g/mol. The van der Waals surface area contributed by atoms with Gasteiger partial charge in [0, 0.05) is 10.3 Å². The van der Waals surface area contributed by atoms with Crippen LogP contribution >= 0.6 is 11.3 Å². The van der Waals surface area contributed by atoms with Crippen molar-refractivity contribution in [2.24, 2.45) is 5.92 Å². The van der Waals surface area contributed by atoms with Crippen molar-refractivity contribution < 1.29 is 24.6 Å². The fourth-order valence-corrected chi connectivity index (χ4v) is 3.79. The van der Waals surface area contributed by atoms with Crippen LogP contribution in [0.2, 0.25) is 0 Å². The second-order valence-corrected chi connectivity index (χ2v) is 6.31. The zero-order valence-corrected chi connectivity index (χ0v) is 12.5. The van der Waals surface area contributed by atoms with E-state index < -0.39 is 30.9 Å². The average Bonchev–Trinajstić information content (AvgIpc) is 2.78. The molecule has 1 aromatic heterocycles. The number of rotatable bonds is 5. The Kier molecular flexibility index (Phi) is 4.62. The number of aliphatic carboxylic acids is 2. The summed E-state index contributed by atoms with van der Waals surface area (Å²) in [5.74, 6) is -2.37. The molecule has 0 fully saturated rings. The molecule has 114 valence electrons. The highest BCUT2D eigenvalue weighted by Gasteiger charge is 2.27. The third-order valence-electron chi connectivity index (χ3n) is 3.57. The Morgan fingerprint density at radius 1 is 1.29 bits per heavy atom. The third kappa shape index (κ3) is 3.60. The van der Waals surface area contributed by atoms with Crippen molar-refractivity contribution >= 4 is 29.2 Å². The van der Waals surface area contributed by atoms with E-state index in [0.29, 0.717) is 11.5 Å². The fourth-order valence-electron chi connectivity index (χ4n) is 2.55. The molecule has 0 aromatic carbocycles. The summed E-state index contributed by atoms with van der Waals surface area (Å²) in [4.78, 5) is 36.1. The Morgan fingerprint density at radius 2 is 1.90 bits per heavy atom. The molecule has 7 heteroatoms. The predicted molar refractivity (Wildman–Crippen MR) is 76.7 cm³/mol.